The Kier molecular flexibility index (Phi) is 8.25. The van der Waals surface area contributed by atoms with Gasteiger partial charge in [-0.25, -0.2) is 0 Å². The SMILES string of the molecule is NCCCCNC(=O)CCCOc1cccc(Br)c1. The Morgan fingerprint density at radius 3 is 2.89 bits per heavy atom. The van der Waals surface area contributed by atoms with Crippen molar-refractivity contribution < 1.29 is 9.53 Å². The van der Waals surface area contributed by atoms with Crippen molar-refractivity contribution in [2.75, 3.05) is 19.7 Å². The van der Waals surface area contributed by atoms with Gasteiger partial charge in [0, 0.05) is 17.4 Å². The maximum absolute atomic E-state index is 11.5. The van der Waals surface area contributed by atoms with Crippen molar-refractivity contribution >= 4 is 21.8 Å². The van der Waals surface area contributed by atoms with Crippen LogP contribution in [-0.2, 0) is 4.79 Å². The average molecular weight is 329 g/mol. The van der Waals surface area contributed by atoms with E-state index in [4.69, 9.17) is 10.5 Å². The molecule has 0 unspecified atom stereocenters. The number of ether oxygens (including phenoxy) is 1. The highest BCUT2D eigenvalue weighted by atomic mass is 79.9. The molecular weight excluding hydrogens is 308 g/mol. The zero-order valence-corrected chi connectivity index (χ0v) is 12.6. The first kappa shape index (κ1) is 16.0. The van der Waals surface area contributed by atoms with Crippen LogP contribution >= 0.6 is 15.9 Å². The molecule has 0 atom stereocenters. The molecule has 0 aliphatic rings. The highest BCUT2D eigenvalue weighted by molar-refractivity contribution is 9.10. The van der Waals surface area contributed by atoms with Crippen molar-refractivity contribution in [1.29, 1.82) is 0 Å². The number of rotatable bonds is 9. The van der Waals surface area contributed by atoms with E-state index in [1.165, 1.54) is 0 Å². The summed E-state index contributed by atoms with van der Waals surface area (Å²) in [4.78, 5) is 11.5. The van der Waals surface area contributed by atoms with Crippen molar-refractivity contribution in [3.05, 3.63) is 28.7 Å². The summed E-state index contributed by atoms with van der Waals surface area (Å²) in [6.45, 7) is 1.94. The lowest BCUT2D eigenvalue weighted by Gasteiger charge is -2.07. The second-order valence-corrected chi connectivity index (χ2v) is 5.17. The highest BCUT2D eigenvalue weighted by Crippen LogP contribution is 2.17. The maximum atomic E-state index is 11.5. The summed E-state index contributed by atoms with van der Waals surface area (Å²) < 4.78 is 6.54. The van der Waals surface area contributed by atoms with E-state index >= 15 is 0 Å². The minimum absolute atomic E-state index is 0.0786. The second-order valence-electron chi connectivity index (χ2n) is 4.26. The van der Waals surface area contributed by atoms with E-state index in [2.05, 4.69) is 21.2 Å². The van der Waals surface area contributed by atoms with E-state index in [0.29, 0.717) is 26.1 Å². The summed E-state index contributed by atoms with van der Waals surface area (Å²) >= 11 is 3.38. The number of nitrogens with one attached hydrogen (secondary N) is 1. The van der Waals surface area contributed by atoms with Gasteiger partial charge in [-0.3, -0.25) is 4.79 Å². The molecule has 0 heterocycles. The van der Waals surface area contributed by atoms with Gasteiger partial charge < -0.3 is 15.8 Å². The minimum atomic E-state index is 0.0786. The van der Waals surface area contributed by atoms with E-state index in [1.54, 1.807) is 0 Å². The smallest absolute Gasteiger partial charge is 0.220 e. The molecule has 4 nitrogen and oxygen atoms in total. The molecule has 0 spiro atoms. The molecule has 0 saturated carbocycles. The zero-order chi connectivity index (χ0) is 13.9. The minimum Gasteiger partial charge on any atom is -0.494 e. The number of nitrogens with two attached hydrogens (primary N) is 1. The van der Waals surface area contributed by atoms with Crippen LogP contribution in [0, 0.1) is 0 Å². The molecule has 3 N–H and O–H groups in total. The first-order valence-corrected chi connectivity index (χ1v) is 7.37. The van der Waals surface area contributed by atoms with E-state index in [1.807, 2.05) is 24.3 Å². The number of benzene rings is 1. The number of hydrogen-bond acceptors (Lipinski definition) is 3. The van der Waals surface area contributed by atoms with Gasteiger partial charge in [0.1, 0.15) is 5.75 Å². The number of unbranched alkanes of at least 4 members (excludes halogenated alkanes) is 1. The van der Waals surface area contributed by atoms with Crippen LogP contribution < -0.4 is 15.8 Å². The van der Waals surface area contributed by atoms with Crippen LogP contribution in [0.3, 0.4) is 0 Å². The first-order valence-electron chi connectivity index (χ1n) is 6.57. The summed E-state index contributed by atoms with van der Waals surface area (Å²) in [6.07, 6.45) is 3.11. The van der Waals surface area contributed by atoms with Gasteiger partial charge in [-0.05, 0) is 44.0 Å². The van der Waals surface area contributed by atoms with Crippen molar-refractivity contribution in [3.8, 4) is 5.75 Å². The highest BCUT2D eigenvalue weighted by Gasteiger charge is 2.01. The van der Waals surface area contributed by atoms with Gasteiger partial charge in [0.15, 0.2) is 0 Å². The van der Waals surface area contributed by atoms with Gasteiger partial charge >= 0.3 is 0 Å². The van der Waals surface area contributed by atoms with Crippen LogP contribution in [0.15, 0.2) is 28.7 Å². The van der Waals surface area contributed by atoms with Crippen LogP contribution in [0.25, 0.3) is 0 Å². The molecule has 106 valence electrons. The van der Waals surface area contributed by atoms with Gasteiger partial charge in [-0.15, -0.1) is 0 Å². The summed E-state index contributed by atoms with van der Waals surface area (Å²) in [5, 5.41) is 2.87. The van der Waals surface area contributed by atoms with E-state index in [9.17, 15) is 4.79 Å². The number of halogens is 1. The fourth-order valence-electron chi connectivity index (χ4n) is 1.57. The molecule has 1 aromatic carbocycles. The van der Waals surface area contributed by atoms with E-state index in [0.717, 1.165) is 29.5 Å². The summed E-state index contributed by atoms with van der Waals surface area (Å²) in [7, 11) is 0. The number of amides is 1. The Hall–Kier alpha value is -1.07. The zero-order valence-electron chi connectivity index (χ0n) is 11.0. The van der Waals surface area contributed by atoms with Crippen LogP contribution in [0.5, 0.6) is 5.75 Å². The van der Waals surface area contributed by atoms with E-state index < -0.39 is 0 Å². The monoisotopic (exact) mass is 328 g/mol. The average Bonchev–Trinajstić information content (AvgIpc) is 2.40. The summed E-state index contributed by atoms with van der Waals surface area (Å²) in [5.41, 5.74) is 5.38. The Balaban J connectivity index is 2.05. The molecular formula is C14H21BrN2O2. The normalized spacial score (nSPS) is 10.2. The lowest BCUT2D eigenvalue weighted by molar-refractivity contribution is -0.121. The Bertz CT molecular complexity index is 385. The van der Waals surface area contributed by atoms with Crippen LogP contribution in [-0.4, -0.2) is 25.6 Å². The Morgan fingerprint density at radius 1 is 1.32 bits per heavy atom. The van der Waals surface area contributed by atoms with Gasteiger partial charge in [0.2, 0.25) is 5.91 Å². The summed E-state index contributed by atoms with van der Waals surface area (Å²) in [6, 6.07) is 7.68. The molecule has 1 aromatic rings. The molecule has 5 heteroatoms. The third-order valence-electron chi connectivity index (χ3n) is 2.57. The number of hydrogen-bond donors (Lipinski definition) is 2. The van der Waals surface area contributed by atoms with Gasteiger partial charge in [-0.2, -0.15) is 0 Å². The third kappa shape index (κ3) is 7.85. The molecule has 0 aliphatic carbocycles. The molecule has 0 fully saturated rings. The van der Waals surface area contributed by atoms with Crippen molar-refractivity contribution in [1.82, 2.24) is 5.32 Å². The lowest BCUT2D eigenvalue weighted by atomic mass is 10.3. The fraction of sp³-hybridized carbons (Fsp3) is 0.500. The Morgan fingerprint density at radius 2 is 2.16 bits per heavy atom. The first-order chi connectivity index (χ1) is 9.22. The Labute approximate surface area is 122 Å². The van der Waals surface area contributed by atoms with Crippen LogP contribution in [0.2, 0.25) is 0 Å². The van der Waals surface area contributed by atoms with E-state index in [-0.39, 0.29) is 5.91 Å². The quantitative estimate of drug-likeness (QED) is 0.684. The standard InChI is InChI=1S/C14H21BrN2O2/c15-12-5-3-6-13(11-12)19-10-4-7-14(18)17-9-2-1-8-16/h3,5-6,11H,1-2,4,7-10,16H2,(H,17,18). The van der Waals surface area contributed by atoms with Crippen LogP contribution in [0.4, 0.5) is 0 Å². The molecule has 0 aliphatic heterocycles. The van der Waals surface area contributed by atoms with Crippen molar-refractivity contribution in [3.63, 3.8) is 0 Å². The number of carbonyl (C=O) groups excluding carboxylic acids is 1. The summed E-state index contributed by atoms with van der Waals surface area (Å²) in [5.74, 6) is 0.896. The fourth-order valence-corrected chi connectivity index (χ4v) is 1.94. The van der Waals surface area contributed by atoms with Gasteiger partial charge in [0.05, 0.1) is 6.61 Å². The molecule has 1 amide bonds. The van der Waals surface area contributed by atoms with Crippen molar-refractivity contribution in [2.24, 2.45) is 5.73 Å². The molecule has 0 radical (unpaired) electrons. The predicted molar refractivity (Wildman–Crippen MR) is 80.2 cm³/mol. The lowest BCUT2D eigenvalue weighted by Crippen LogP contribution is -2.25. The van der Waals surface area contributed by atoms with Crippen molar-refractivity contribution in [2.45, 2.75) is 25.7 Å². The predicted octanol–water partition coefficient (Wildman–Crippen LogP) is 2.46. The molecule has 0 saturated heterocycles. The molecule has 19 heavy (non-hydrogen) atoms. The maximum Gasteiger partial charge on any atom is 0.220 e. The second kappa shape index (κ2) is 9.81. The molecule has 0 aromatic heterocycles. The van der Waals surface area contributed by atoms with Crippen LogP contribution in [0.1, 0.15) is 25.7 Å². The number of carbonyl (C=O) groups is 1. The largest absolute Gasteiger partial charge is 0.494 e. The van der Waals surface area contributed by atoms with Gasteiger partial charge in [-0.1, -0.05) is 22.0 Å². The third-order valence-corrected chi connectivity index (χ3v) is 3.06. The molecule has 1 rings (SSSR count). The van der Waals surface area contributed by atoms with Gasteiger partial charge in [0.25, 0.3) is 0 Å². The topological polar surface area (TPSA) is 64.3 Å². The molecule has 0 bridgehead atoms.